The number of pyridine rings is 1. The highest BCUT2D eigenvalue weighted by Gasteiger charge is 2.11. The van der Waals surface area contributed by atoms with Gasteiger partial charge in [-0.1, -0.05) is 22.9 Å². The Kier molecular flexibility index (Phi) is 5.27. The van der Waals surface area contributed by atoms with Gasteiger partial charge in [-0.3, -0.25) is 15.6 Å². The Hall–Kier alpha value is -2.49. The van der Waals surface area contributed by atoms with Crippen molar-refractivity contribution in [2.75, 3.05) is 12.4 Å². The van der Waals surface area contributed by atoms with Crippen molar-refractivity contribution in [1.29, 1.82) is 0 Å². The number of thiazole rings is 1. The van der Waals surface area contributed by atoms with Crippen LogP contribution >= 0.6 is 35.2 Å². The summed E-state index contributed by atoms with van der Waals surface area (Å²) >= 11 is 12.3. The number of amides is 1. The molecule has 0 aliphatic rings. The van der Waals surface area contributed by atoms with Gasteiger partial charge in [0.2, 0.25) is 5.88 Å². The topological polar surface area (TPSA) is 88.2 Å². The van der Waals surface area contributed by atoms with Crippen molar-refractivity contribution in [3.05, 3.63) is 47.1 Å². The van der Waals surface area contributed by atoms with Crippen LogP contribution in [-0.4, -0.2) is 28.1 Å². The molecule has 2 aromatic heterocycles. The molecule has 0 radical (unpaired) electrons. The van der Waals surface area contributed by atoms with Crippen molar-refractivity contribution < 1.29 is 9.53 Å². The van der Waals surface area contributed by atoms with Crippen LogP contribution in [-0.2, 0) is 0 Å². The molecular formula is C15H12ClN5O2S2. The summed E-state index contributed by atoms with van der Waals surface area (Å²) in [6, 6.07) is 8.33. The van der Waals surface area contributed by atoms with E-state index in [0.717, 1.165) is 4.70 Å². The summed E-state index contributed by atoms with van der Waals surface area (Å²) in [5.41, 5.74) is 6.22. The van der Waals surface area contributed by atoms with Gasteiger partial charge in [0.25, 0.3) is 5.91 Å². The van der Waals surface area contributed by atoms with Gasteiger partial charge in [0.15, 0.2) is 10.2 Å². The first-order chi connectivity index (χ1) is 12.1. The highest BCUT2D eigenvalue weighted by molar-refractivity contribution is 7.80. The average Bonchev–Trinajstić information content (AvgIpc) is 3.02. The minimum atomic E-state index is -0.337. The first kappa shape index (κ1) is 17.3. The van der Waals surface area contributed by atoms with E-state index in [-0.39, 0.29) is 11.0 Å². The summed E-state index contributed by atoms with van der Waals surface area (Å²) < 4.78 is 6.08. The standard InChI is InChI=1S/C15H12ClN5O2S2/c1-23-13-11-10(6-7-17-13)25-15(18-11)19-14(24)21-20-12(22)8-2-4-9(16)5-3-8/h2-7H,1H3,(H,20,22)(H2,18,19,21,24). The zero-order chi connectivity index (χ0) is 17.8. The molecule has 3 rings (SSSR count). The van der Waals surface area contributed by atoms with E-state index in [2.05, 4.69) is 26.1 Å². The van der Waals surface area contributed by atoms with E-state index >= 15 is 0 Å². The molecule has 3 aromatic rings. The number of hydrogen-bond donors (Lipinski definition) is 3. The molecule has 0 unspecified atom stereocenters. The maximum Gasteiger partial charge on any atom is 0.269 e. The molecule has 10 heteroatoms. The first-order valence-corrected chi connectivity index (χ1v) is 8.59. The predicted molar refractivity (Wildman–Crippen MR) is 102 cm³/mol. The predicted octanol–water partition coefficient (Wildman–Crippen LogP) is 2.98. The number of anilines is 1. The third-order valence-electron chi connectivity index (χ3n) is 3.08. The quantitative estimate of drug-likeness (QED) is 0.465. The van der Waals surface area contributed by atoms with Crippen molar-refractivity contribution in [2.45, 2.75) is 0 Å². The van der Waals surface area contributed by atoms with E-state index < -0.39 is 0 Å². The minimum Gasteiger partial charge on any atom is -0.479 e. The van der Waals surface area contributed by atoms with E-state index in [1.807, 2.05) is 6.07 Å². The van der Waals surface area contributed by atoms with E-state index in [9.17, 15) is 4.79 Å². The number of rotatable bonds is 3. The van der Waals surface area contributed by atoms with Crippen LogP contribution in [0.25, 0.3) is 10.2 Å². The molecule has 0 spiro atoms. The molecule has 1 amide bonds. The van der Waals surface area contributed by atoms with Crippen LogP contribution in [0.3, 0.4) is 0 Å². The van der Waals surface area contributed by atoms with Crippen LogP contribution in [0.4, 0.5) is 5.13 Å². The minimum absolute atomic E-state index is 0.202. The zero-order valence-electron chi connectivity index (χ0n) is 12.9. The second-order valence-electron chi connectivity index (χ2n) is 4.73. The number of fused-ring (bicyclic) bond motifs is 1. The van der Waals surface area contributed by atoms with E-state index in [1.54, 1.807) is 30.5 Å². The number of carbonyl (C=O) groups is 1. The lowest BCUT2D eigenvalue weighted by atomic mass is 10.2. The number of benzene rings is 1. The molecular weight excluding hydrogens is 382 g/mol. The number of halogens is 1. The number of hydrogen-bond acceptors (Lipinski definition) is 6. The summed E-state index contributed by atoms with van der Waals surface area (Å²) in [7, 11) is 1.53. The normalized spacial score (nSPS) is 10.3. The van der Waals surface area contributed by atoms with Gasteiger partial charge in [-0.25, -0.2) is 9.97 Å². The SMILES string of the molecule is COc1nccc2sc(NC(=S)NNC(=O)c3ccc(Cl)cc3)nc12. The summed E-state index contributed by atoms with van der Waals surface area (Å²) in [6.45, 7) is 0. The lowest BCUT2D eigenvalue weighted by Gasteiger charge is -2.09. The van der Waals surface area contributed by atoms with Crippen molar-refractivity contribution in [3.8, 4) is 5.88 Å². The first-order valence-electron chi connectivity index (χ1n) is 6.99. The molecule has 0 fully saturated rings. The van der Waals surface area contributed by atoms with Crippen LogP contribution in [0.15, 0.2) is 36.5 Å². The lowest BCUT2D eigenvalue weighted by Crippen LogP contribution is -2.43. The van der Waals surface area contributed by atoms with Crippen molar-refractivity contribution in [1.82, 2.24) is 20.8 Å². The fraction of sp³-hybridized carbons (Fsp3) is 0.0667. The largest absolute Gasteiger partial charge is 0.479 e. The van der Waals surface area contributed by atoms with Gasteiger partial charge in [0, 0.05) is 16.8 Å². The van der Waals surface area contributed by atoms with Crippen LogP contribution < -0.4 is 20.9 Å². The Morgan fingerprint density at radius 3 is 2.72 bits per heavy atom. The number of thiocarbonyl (C=S) groups is 1. The fourth-order valence-electron chi connectivity index (χ4n) is 1.95. The Morgan fingerprint density at radius 2 is 2.00 bits per heavy atom. The van der Waals surface area contributed by atoms with Gasteiger partial charge in [0.1, 0.15) is 5.52 Å². The third-order valence-corrected chi connectivity index (χ3v) is 4.48. The molecule has 3 N–H and O–H groups in total. The molecule has 0 saturated heterocycles. The van der Waals surface area contributed by atoms with Crippen molar-refractivity contribution >= 4 is 61.5 Å². The summed E-state index contributed by atoms with van der Waals surface area (Å²) in [5.74, 6) is 0.104. The summed E-state index contributed by atoms with van der Waals surface area (Å²) in [4.78, 5) is 20.5. The Bertz CT molecular complexity index is 929. The van der Waals surface area contributed by atoms with Gasteiger partial charge in [-0.05, 0) is 42.5 Å². The number of methoxy groups -OCH3 is 1. The molecule has 1 aromatic carbocycles. The number of carbonyl (C=O) groups excluding carboxylic acids is 1. The second kappa shape index (κ2) is 7.60. The molecule has 0 atom stereocenters. The zero-order valence-corrected chi connectivity index (χ0v) is 15.3. The van der Waals surface area contributed by atoms with E-state index in [0.29, 0.717) is 27.1 Å². The summed E-state index contributed by atoms with van der Waals surface area (Å²) in [5, 5.41) is 4.22. The highest BCUT2D eigenvalue weighted by atomic mass is 35.5. The lowest BCUT2D eigenvalue weighted by molar-refractivity contribution is 0.0944. The number of nitrogens with zero attached hydrogens (tertiary/aromatic N) is 2. The molecule has 7 nitrogen and oxygen atoms in total. The van der Waals surface area contributed by atoms with Crippen molar-refractivity contribution in [3.63, 3.8) is 0 Å². The van der Waals surface area contributed by atoms with E-state index in [4.69, 9.17) is 28.6 Å². The number of nitrogens with one attached hydrogen (secondary N) is 3. The third kappa shape index (κ3) is 4.13. The molecule has 0 aliphatic heterocycles. The monoisotopic (exact) mass is 393 g/mol. The van der Waals surface area contributed by atoms with Crippen LogP contribution in [0.1, 0.15) is 10.4 Å². The number of aromatic nitrogens is 2. The van der Waals surface area contributed by atoms with Crippen LogP contribution in [0, 0.1) is 0 Å². The smallest absolute Gasteiger partial charge is 0.269 e. The Labute approximate surface area is 157 Å². The molecule has 128 valence electrons. The molecule has 0 saturated carbocycles. The maximum atomic E-state index is 12.0. The molecule has 2 heterocycles. The average molecular weight is 394 g/mol. The van der Waals surface area contributed by atoms with Crippen LogP contribution in [0.5, 0.6) is 5.88 Å². The number of ether oxygens (including phenoxy) is 1. The Morgan fingerprint density at radius 1 is 1.24 bits per heavy atom. The van der Waals surface area contributed by atoms with Crippen LogP contribution in [0.2, 0.25) is 5.02 Å². The fourth-order valence-corrected chi connectivity index (χ4v) is 3.15. The van der Waals surface area contributed by atoms with E-state index in [1.165, 1.54) is 18.4 Å². The van der Waals surface area contributed by atoms with Gasteiger partial charge in [-0.15, -0.1) is 0 Å². The van der Waals surface area contributed by atoms with Gasteiger partial charge >= 0.3 is 0 Å². The summed E-state index contributed by atoms with van der Waals surface area (Å²) in [6.07, 6.45) is 1.64. The Balaban J connectivity index is 1.61. The molecule has 25 heavy (non-hydrogen) atoms. The van der Waals surface area contributed by atoms with Gasteiger partial charge in [-0.2, -0.15) is 0 Å². The number of hydrazine groups is 1. The highest BCUT2D eigenvalue weighted by Crippen LogP contribution is 2.30. The molecule has 0 aliphatic carbocycles. The van der Waals surface area contributed by atoms with Crippen molar-refractivity contribution in [2.24, 2.45) is 0 Å². The maximum absolute atomic E-state index is 12.0. The molecule has 0 bridgehead atoms. The van der Waals surface area contributed by atoms with Gasteiger partial charge < -0.3 is 10.1 Å². The second-order valence-corrected chi connectivity index (χ2v) is 6.60. The van der Waals surface area contributed by atoms with Gasteiger partial charge in [0.05, 0.1) is 11.8 Å².